The summed E-state index contributed by atoms with van der Waals surface area (Å²) in [5.41, 5.74) is 9.02. The second-order valence-electron chi connectivity index (χ2n) is 6.57. The van der Waals surface area contributed by atoms with Crippen molar-refractivity contribution >= 4 is 28.3 Å². The van der Waals surface area contributed by atoms with Gasteiger partial charge in [0.15, 0.2) is 0 Å². The first-order chi connectivity index (χ1) is 12.6. The van der Waals surface area contributed by atoms with E-state index >= 15 is 0 Å². The number of carbonyl (C=O) groups excluding carboxylic acids is 1. The molecule has 6 heteroatoms. The van der Waals surface area contributed by atoms with Crippen LogP contribution in [-0.4, -0.2) is 15.9 Å². The van der Waals surface area contributed by atoms with E-state index in [2.05, 4.69) is 21.4 Å². The molecule has 1 amide bonds. The number of nitrogens with one attached hydrogen (secondary N) is 1. The van der Waals surface area contributed by atoms with Crippen molar-refractivity contribution in [3.05, 3.63) is 48.2 Å². The summed E-state index contributed by atoms with van der Waals surface area (Å²) in [5.74, 6) is 0.278. The van der Waals surface area contributed by atoms with Gasteiger partial charge >= 0.3 is 0 Å². The average molecular weight is 343 g/mol. The Morgan fingerprint density at radius 3 is 2.88 bits per heavy atom. The fourth-order valence-electron chi connectivity index (χ4n) is 3.09. The third-order valence-corrected chi connectivity index (χ3v) is 4.71. The van der Waals surface area contributed by atoms with Crippen LogP contribution in [0, 0.1) is 30.1 Å². The molecule has 2 aromatic heterocycles. The van der Waals surface area contributed by atoms with E-state index in [1.807, 2.05) is 37.3 Å². The molecule has 1 aliphatic rings. The summed E-state index contributed by atoms with van der Waals surface area (Å²) < 4.78 is 0. The molecule has 2 atom stereocenters. The van der Waals surface area contributed by atoms with Crippen molar-refractivity contribution in [2.24, 2.45) is 11.8 Å². The molecule has 0 saturated heterocycles. The van der Waals surface area contributed by atoms with Gasteiger partial charge in [-0.1, -0.05) is 24.3 Å². The molecule has 4 rings (SSSR count). The van der Waals surface area contributed by atoms with E-state index in [0.717, 1.165) is 27.6 Å². The van der Waals surface area contributed by atoms with Gasteiger partial charge in [-0.15, -0.1) is 0 Å². The van der Waals surface area contributed by atoms with E-state index in [1.165, 1.54) is 0 Å². The molecule has 3 N–H and O–H groups in total. The molecule has 2 heterocycles. The van der Waals surface area contributed by atoms with Gasteiger partial charge in [0.1, 0.15) is 11.6 Å². The number of hydrogen-bond donors (Lipinski definition) is 2. The lowest BCUT2D eigenvalue weighted by Gasteiger charge is -2.10. The lowest BCUT2D eigenvalue weighted by molar-refractivity contribution is -0.117. The van der Waals surface area contributed by atoms with Gasteiger partial charge in [0, 0.05) is 17.1 Å². The number of aryl methyl sites for hydroxylation is 1. The molecule has 1 aromatic carbocycles. The Bertz CT molecular complexity index is 1070. The number of rotatable bonds is 3. The Balaban J connectivity index is 1.70. The van der Waals surface area contributed by atoms with Crippen molar-refractivity contribution in [3.8, 4) is 17.3 Å². The quantitative estimate of drug-likeness (QED) is 0.759. The third-order valence-electron chi connectivity index (χ3n) is 4.71. The summed E-state index contributed by atoms with van der Waals surface area (Å²) >= 11 is 0. The molecule has 0 aliphatic heterocycles. The zero-order valence-corrected chi connectivity index (χ0v) is 14.2. The fraction of sp³-hybridized carbons (Fsp3) is 0.200. The molecule has 6 nitrogen and oxygen atoms in total. The van der Waals surface area contributed by atoms with Crippen molar-refractivity contribution in [1.29, 1.82) is 5.26 Å². The molecule has 1 aliphatic carbocycles. The van der Waals surface area contributed by atoms with Crippen LogP contribution in [0.5, 0.6) is 0 Å². The number of amides is 1. The second kappa shape index (κ2) is 6.12. The predicted octanol–water partition coefficient (Wildman–Crippen LogP) is 3.29. The summed E-state index contributed by atoms with van der Waals surface area (Å²) in [4.78, 5) is 20.9. The minimum atomic E-state index is -0.234. The van der Waals surface area contributed by atoms with Crippen LogP contribution in [0.3, 0.4) is 0 Å². The van der Waals surface area contributed by atoms with Gasteiger partial charge in [0.2, 0.25) is 5.91 Å². The van der Waals surface area contributed by atoms with Crippen LogP contribution in [0.4, 0.5) is 11.6 Å². The molecule has 0 radical (unpaired) electrons. The van der Waals surface area contributed by atoms with Gasteiger partial charge in [0.25, 0.3) is 0 Å². The standard InChI is InChI=1S/C20H17N5O/c1-11-4-2-3-5-14(11)17-7-12-8-18(23-10-16(12)19(22)24-17)25-20(26)15-6-13(15)9-21/h2-5,7-8,10,13,15H,6H2,1H3,(H2,22,24)(H,23,25,26)/t13-,15+/m0/s1. The number of nitrogens with two attached hydrogens (primary N) is 1. The number of aromatic nitrogens is 2. The summed E-state index contributed by atoms with van der Waals surface area (Å²) in [6.45, 7) is 2.02. The molecular formula is C20H17N5O. The Hall–Kier alpha value is -3.46. The number of pyridine rings is 2. The topological polar surface area (TPSA) is 105 Å². The Labute approximate surface area is 150 Å². The van der Waals surface area contributed by atoms with Gasteiger partial charge in [-0.05, 0) is 36.4 Å². The Kier molecular flexibility index (Phi) is 3.77. The molecule has 0 spiro atoms. The van der Waals surface area contributed by atoms with E-state index in [4.69, 9.17) is 11.0 Å². The minimum absolute atomic E-state index is 0.162. The van der Waals surface area contributed by atoms with Crippen LogP contribution in [0.2, 0.25) is 0 Å². The van der Waals surface area contributed by atoms with Gasteiger partial charge in [-0.2, -0.15) is 5.26 Å². The maximum absolute atomic E-state index is 12.1. The van der Waals surface area contributed by atoms with Crippen LogP contribution in [0.1, 0.15) is 12.0 Å². The second-order valence-corrected chi connectivity index (χ2v) is 6.57. The van der Waals surface area contributed by atoms with Crippen LogP contribution in [0.15, 0.2) is 42.6 Å². The van der Waals surface area contributed by atoms with E-state index in [0.29, 0.717) is 18.1 Å². The highest BCUT2D eigenvalue weighted by Gasteiger charge is 2.43. The number of benzene rings is 1. The molecule has 3 aromatic rings. The number of carbonyl (C=O) groups is 1. The highest BCUT2D eigenvalue weighted by atomic mass is 16.2. The zero-order valence-electron chi connectivity index (χ0n) is 14.2. The van der Waals surface area contributed by atoms with E-state index < -0.39 is 0 Å². The summed E-state index contributed by atoms with van der Waals surface area (Å²) in [6, 6.07) is 13.8. The first-order valence-electron chi connectivity index (χ1n) is 8.39. The van der Waals surface area contributed by atoms with Crippen LogP contribution in [-0.2, 0) is 4.79 Å². The van der Waals surface area contributed by atoms with Crippen molar-refractivity contribution in [3.63, 3.8) is 0 Å². The molecule has 1 saturated carbocycles. The molecular weight excluding hydrogens is 326 g/mol. The number of fused-ring (bicyclic) bond motifs is 1. The normalized spacial score (nSPS) is 18.3. The van der Waals surface area contributed by atoms with Gasteiger partial charge in [0.05, 0.1) is 23.6 Å². The highest BCUT2D eigenvalue weighted by Crippen LogP contribution is 2.38. The monoisotopic (exact) mass is 343 g/mol. The van der Waals surface area contributed by atoms with Crippen molar-refractivity contribution in [2.75, 3.05) is 11.1 Å². The average Bonchev–Trinajstić information content (AvgIpc) is 3.42. The summed E-state index contributed by atoms with van der Waals surface area (Å²) in [5, 5.41) is 13.2. The lowest BCUT2D eigenvalue weighted by atomic mass is 10.0. The maximum atomic E-state index is 12.1. The zero-order chi connectivity index (χ0) is 18.3. The van der Waals surface area contributed by atoms with E-state index in [9.17, 15) is 4.79 Å². The fourth-order valence-corrected chi connectivity index (χ4v) is 3.09. The highest BCUT2D eigenvalue weighted by molar-refractivity contribution is 5.98. The Morgan fingerprint density at radius 1 is 1.35 bits per heavy atom. The summed E-state index contributed by atoms with van der Waals surface area (Å²) in [6.07, 6.45) is 2.23. The van der Waals surface area contributed by atoms with Crippen LogP contribution in [0.25, 0.3) is 22.0 Å². The number of hydrogen-bond acceptors (Lipinski definition) is 5. The number of nitrogens with zero attached hydrogens (tertiary/aromatic N) is 3. The summed E-state index contributed by atoms with van der Waals surface area (Å²) in [7, 11) is 0. The molecule has 0 bridgehead atoms. The smallest absolute Gasteiger partial charge is 0.230 e. The maximum Gasteiger partial charge on any atom is 0.230 e. The van der Waals surface area contributed by atoms with E-state index in [-0.39, 0.29) is 17.7 Å². The van der Waals surface area contributed by atoms with Gasteiger partial charge in [-0.3, -0.25) is 4.79 Å². The number of anilines is 2. The van der Waals surface area contributed by atoms with Crippen molar-refractivity contribution in [2.45, 2.75) is 13.3 Å². The van der Waals surface area contributed by atoms with Crippen LogP contribution < -0.4 is 11.1 Å². The molecule has 1 fully saturated rings. The first kappa shape index (κ1) is 16.0. The largest absolute Gasteiger partial charge is 0.383 e. The lowest BCUT2D eigenvalue weighted by Crippen LogP contribution is -2.15. The third kappa shape index (κ3) is 2.84. The van der Waals surface area contributed by atoms with Gasteiger partial charge in [-0.25, -0.2) is 9.97 Å². The molecule has 26 heavy (non-hydrogen) atoms. The van der Waals surface area contributed by atoms with Crippen molar-refractivity contribution < 1.29 is 4.79 Å². The van der Waals surface area contributed by atoms with Crippen molar-refractivity contribution in [1.82, 2.24) is 9.97 Å². The first-order valence-corrected chi connectivity index (χ1v) is 8.39. The van der Waals surface area contributed by atoms with E-state index in [1.54, 1.807) is 12.3 Å². The number of nitriles is 1. The minimum Gasteiger partial charge on any atom is -0.383 e. The van der Waals surface area contributed by atoms with Gasteiger partial charge < -0.3 is 11.1 Å². The Morgan fingerprint density at radius 2 is 2.15 bits per heavy atom. The predicted molar refractivity (Wildman–Crippen MR) is 100.0 cm³/mol. The SMILES string of the molecule is Cc1ccccc1-c1cc2cc(NC(=O)[C@@H]3C[C@H]3C#N)ncc2c(N)n1. The molecule has 128 valence electrons. The molecule has 0 unspecified atom stereocenters. The number of nitrogen functional groups attached to an aromatic ring is 1. The van der Waals surface area contributed by atoms with Crippen LogP contribution >= 0.6 is 0 Å².